The molecule has 1 N–H and O–H groups in total. The molecular weight excluding hydrogens is 258 g/mol. The van der Waals surface area contributed by atoms with Gasteiger partial charge in [0.1, 0.15) is 11.9 Å². The number of nitrogens with one attached hydrogen (secondary N) is 1. The van der Waals surface area contributed by atoms with Gasteiger partial charge in [-0.2, -0.15) is 5.26 Å². The van der Waals surface area contributed by atoms with Crippen molar-refractivity contribution in [3.63, 3.8) is 0 Å². The molecule has 1 aromatic heterocycles. The van der Waals surface area contributed by atoms with E-state index in [9.17, 15) is 5.26 Å². The first-order valence-electron chi connectivity index (χ1n) is 8.42. The number of hydrogen-bond donors (Lipinski definition) is 1. The Morgan fingerprint density at radius 3 is 2.86 bits per heavy atom. The van der Waals surface area contributed by atoms with Crippen LogP contribution in [0.5, 0.6) is 0 Å². The predicted molar refractivity (Wildman–Crippen MR) is 85.2 cm³/mol. The van der Waals surface area contributed by atoms with Crippen LogP contribution in [0.1, 0.15) is 62.8 Å². The van der Waals surface area contributed by atoms with Gasteiger partial charge in [-0.25, -0.2) is 4.98 Å². The minimum atomic E-state index is 0.469. The molecule has 0 bridgehead atoms. The van der Waals surface area contributed by atoms with Crippen molar-refractivity contribution in [3.05, 3.63) is 22.9 Å². The lowest BCUT2D eigenvalue weighted by molar-refractivity contribution is 0.391. The van der Waals surface area contributed by atoms with Gasteiger partial charge < -0.3 is 5.32 Å². The summed E-state index contributed by atoms with van der Waals surface area (Å²) < 4.78 is 0. The van der Waals surface area contributed by atoms with Crippen molar-refractivity contribution in [2.45, 2.75) is 64.8 Å². The van der Waals surface area contributed by atoms with Gasteiger partial charge in [0, 0.05) is 11.7 Å². The molecule has 0 spiro atoms. The summed E-state index contributed by atoms with van der Waals surface area (Å²) in [6.07, 6.45) is 8.34. The van der Waals surface area contributed by atoms with Gasteiger partial charge in [-0.1, -0.05) is 20.3 Å². The highest BCUT2D eigenvalue weighted by molar-refractivity contribution is 5.55. The summed E-state index contributed by atoms with van der Waals surface area (Å²) >= 11 is 0. The molecule has 1 heterocycles. The first-order chi connectivity index (χ1) is 10.2. The number of pyridine rings is 1. The summed E-state index contributed by atoms with van der Waals surface area (Å²) in [6.45, 7) is 4.62. The second-order valence-electron chi connectivity index (χ2n) is 6.66. The van der Waals surface area contributed by atoms with Gasteiger partial charge in [0.2, 0.25) is 0 Å². The topological polar surface area (TPSA) is 48.7 Å². The summed E-state index contributed by atoms with van der Waals surface area (Å²) in [5, 5.41) is 13.0. The van der Waals surface area contributed by atoms with E-state index >= 15 is 0 Å². The second kappa shape index (κ2) is 6.05. The Kier molecular flexibility index (Phi) is 4.14. The normalized spacial score (nSPS) is 28.0. The average Bonchev–Trinajstić information content (AvgIpc) is 2.87. The molecule has 0 saturated heterocycles. The Bertz CT molecular complexity index is 558. The van der Waals surface area contributed by atoms with Crippen LogP contribution in [0.2, 0.25) is 0 Å². The Morgan fingerprint density at radius 2 is 2.14 bits per heavy atom. The third kappa shape index (κ3) is 2.77. The maximum absolute atomic E-state index is 9.43. The lowest BCUT2D eigenvalue weighted by atomic mass is 9.93. The Hall–Kier alpha value is -1.56. The molecule has 3 nitrogen and oxygen atoms in total. The summed E-state index contributed by atoms with van der Waals surface area (Å²) in [4.78, 5) is 4.80. The van der Waals surface area contributed by atoms with Gasteiger partial charge >= 0.3 is 0 Å². The van der Waals surface area contributed by atoms with E-state index in [2.05, 4.69) is 31.3 Å². The molecule has 0 radical (unpaired) electrons. The van der Waals surface area contributed by atoms with Crippen LogP contribution in [-0.2, 0) is 12.8 Å². The van der Waals surface area contributed by atoms with Crippen molar-refractivity contribution in [1.29, 1.82) is 5.26 Å². The molecular formula is C18H25N3. The van der Waals surface area contributed by atoms with E-state index in [1.165, 1.54) is 43.4 Å². The van der Waals surface area contributed by atoms with Gasteiger partial charge in [0.05, 0.1) is 5.56 Å². The van der Waals surface area contributed by atoms with Crippen LogP contribution >= 0.6 is 0 Å². The molecule has 2 aliphatic rings. The lowest BCUT2D eigenvalue weighted by Gasteiger charge is -2.23. The zero-order valence-corrected chi connectivity index (χ0v) is 13.2. The molecule has 21 heavy (non-hydrogen) atoms. The third-order valence-electron chi connectivity index (χ3n) is 5.49. The van der Waals surface area contributed by atoms with Crippen molar-refractivity contribution in [3.8, 4) is 6.07 Å². The SMILES string of the molecule is CCC1CCC(Nc2nc3c(cc2C#N)CCCC3)C1C. The average molecular weight is 283 g/mol. The Balaban J connectivity index is 1.83. The first kappa shape index (κ1) is 14.4. The summed E-state index contributed by atoms with van der Waals surface area (Å²) in [5.41, 5.74) is 3.22. The standard InChI is InChI=1S/C18H25N3/c1-3-13-8-9-16(12(13)2)20-18-15(11-19)10-14-6-4-5-7-17(14)21-18/h10,12-13,16H,3-9H2,1-2H3,(H,20,21). The van der Waals surface area contributed by atoms with Crippen LogP contribution < -0.4 is 5.32 Å². The van der Waals surface area contributed by atoms with Gasteiger partial charge in [-0.3, -0.25) is 0 Å². The van der Waals surface area contributed by atoms with Gasteiger partial charge in [0.15, 0.2) is 0 Å². The fourth-order valence-electron chi connectivity index (χ4n) is 4.03. The van der Waals surface area contributed by atoms with Crippen LogP contribution in [0.3, 0.4) is 0 Å². The molecule has 3 unspecified atom stereocenters. The number of hydrogen-bond acceptors (Lipinski definition) is 3. The highest BCUT2D eigenvalue weighted by Crippen LogP contribution is 2.36. The van der Waals surface area contributed by atoms with Crippen LogP contribution in [0.25, 0.3) is 0 Å². The molecule has 1 aromatic rings. The maximum atomic E-state index is 9.43. The smallest absolute Gasteiger partial charge is 0.144 e. The summed E-state index contributed by atoms with van der Waals surface area (Å²) in [5.74, 6) is 2.30. The summed E-state index contributed by atoms with van der Waals surface area (Å²) in [6, 6.07) is 4.87. The molecule has 112 valence electrons. The van der Waals surface area contributed by atoms with E-state index in [0.717, 1.165) is 30.1 Å². The summed E-state index contributed by atoms with van der Waals surface area (Å²) in [7, 11) is 0. The van der Waals surface area contributed by atoms with E-state index in [-0.39, 0.29) is 0 Å². The predicted octanol–water partition coefficient (Wildman–Crippen LogP) is 4.07. The third-order valence-corrected chi connectivity index (χ3v) is 5.49. The molecule has 0 amide bonds. The Morgan fingerprint density at radius 1 is 1.33 bits per heavy atom. The second-order valence-corrected chi connectivity index (χ2v) is 6.66. The van der Waals surface area contributed by atoms with Crippen LogP contribution in [-0.4, -0.2) is 11.0 Å². The first-order valence-corrected chi connectivity index (χ1v) is 8.42. The van der Waals surface area contributed by atoms with E-state index in [1.54, 1.807) is 0 Å². The molecule has 3 atom stereocenters. The van der Waals surface area contributed by atoms with Gasteiger partial charge in [-0.15, -0.1) is 0 Å². The zero-order chi connectivity index (χ0) is 14.8. The van der Waals surface area contributed by atoms with Crippen molar-refractivity contribution < 1.29 is 0 Å². The number of aromatic nitrogens is 1. The molecule has 3 rings (SSSR count). The highest BCUT2D eigenvalue weighted by atomic mass is 15.0. The van der Waals surface area contributed by atoms with E-state index in [0.29, 0.717) is 12.0 Å². The number of nitriles is 1. The zero-order valence-electron chi connectivity index (χ0n) is 13.2. The molecule has 0 aromatic carbocycles. The van der Waals surface area contributed by atoms with Crippen LogP contribution in [0, 0.1) is 23.2 Å². The quantitative estimate of drug-likeness (QED) is 0.909. The number of nitrogens with zero attached hydrogens (tertiary/aromatic N) is 2. The number of fused-ring (bicyclic) bond motifs is 1. The molecule has 0 aliphatic heterocycles. The molecule has 1 fully saturated rings. The fraction of sp³-hybridized carbons (Fsp3) is 0.667. The van der Waals surface area contributed by atoms with Crippen molar-refractivity contribution in [1.82, 2.24) is 4.98 Å². The monoisotopic (exact) mass is 283 g/mol. The largest absolute Gasteiger partial charge is 0.366 e. The van der Waals surface area contributed by atoms with Crippen molar-refractivity contribution in [2.75, 3.05) is 5.32 Å². The lowest BCUT2D eigenvalue weighted by Crippen LogP contribution is -2.26. The Labute approximate surface area is 127 Å². The minimum Gasteiger partial charge on any atom is -0.366 e. The molecule has 1 saturated carbocycles. The van der Waals surface area contributed by atoms with Gasteiger partial charge in [-0.05, 0) is 62.0 Å². The fourth-order valence-corrected chi connectivity index (χ4v) is 4.03. The minimum absolute atomic E-state index is 0.469. The molecule has 2 aliphatic carbocycles. The van der Waals surface area contributed by atoms with E-state index in [1.807, 2.05) is 0 Å². The number of rotatable bonds is 3. The van der Waals surface area contributed by atoms with Crippen molar-refractivity contribution >= 4 is 5.82 Å². The highest BCUT2D eigenvalue weighted by Gasteiger charge is 2.32. The van der Waals surface area contributed by atoms with Crippen LogP contribution in [0.15, 0.2) is 6.07 Å². The van der Waals surface area contributed by atoms with E-state index < -0.39 is 0 Å². The van der Waals surface area contributed by atoms with E-state index in [4.69, 9.17) is 4.98 Å². The van der Waals surface area contributed by atoms with Crippen molar-refractivity contribution in [2.24, 2.45) is 11.8 Å². The van der Waals surface area contributed by atoms with Gasteiger partial charge in [0.25, 0.3) is 0 Å². The number of anilines is 1. The van der Waals surface area contributed by atoms with Crippen LogP contribution in [0.4, 0.5) is 5.82 Å². The maximum Gasteiger partial charge on any atom is 0.144 e. The number of aryl methyl sites for hydroxylation is 2. The molecule has 3 heteroatoms.